The standard InChI is InChI=1S/C22H21Br3O4/c1-2-28-20(21(26)27)14-16-8-9-19(18(24)13-16)29-12-5-3-4-10-22(25)11-6-7-17(23)15-22/h3,5-9,11,13,20H,2,12,14-15H2,1H3,(H,26,27)/b5-3+/t20-,22?/m0/s1. The van der Waals surface area contributed by atoms with Gasteiger partial charge in [-0.1, -0.05) is 68.0 Å². The van der Waals surface area contributed by atoms with Crippen molar-refractivity contribution in [3.8, 4) is 17.6 Å². The fourth-order valence-corrected chi connectivity index (χ4v) is 4.66. The summed E-state index contributed by atoms with van der Waals surface area (Å²) in [6.07, 6.45) is 9.84. The second-order valence-electron chi connectivity index (χ2n) is 6.25. The van der Waals surface area contributed by atoms with Crippen LogP contribution in [0.2, 0.25) is 0 Å². The highest BCUT2D eigenvalue weighted by molar-refractivity contribution is 9.12. The van der Waals surface area contributed by atoms with Gasteiger partial charge >= 0.3 is 5.97 Å². The van der Waals surface area contributed by atoms with Crippen LogP contribution in [0, 0.1) is 11.8 Å². The summed E-state index contributed by atoms with van der Waals surface area (Å²) >= 11 is 10.6. The molecule has 1 aliphatic rings. The summed E-state index contributed by atoms with van der Waals surface area (Å²) < 4.78 is 12.5. The minimum atomic E-state index is -0.966. The van der Waals surface area contributed by atoms with Gasteiger partial charge in [0.1, 0.15) is 16.7 Å². The first-order valence-electron chi connectivity index (χ1n) is 8.99. The lowest BCUT2D eigenvalue weighted by Crippen LogP contribution is -2.26. The second-order valence-corrected chi connectivity index (χ2v) is 9.53. The first-order valence-corrected chi connectivity index (χ1v) is 11.4. The molecule has 2 rings (SSSR count). The van der Waals surface area contributed by atoms with Gasteiger partial charge in [0.15, 0.2) is 6.10 Å². The van der Waals surface area contributed by atoms with E-state index in [2.05, 4.69) is 59.6 Å². The molecule has 0 spiro atoms. The zero-order chi connectivity index (χ0) is 21.3. The van der Waals surface area contributed by atoms with Crippen molar-refractivity contribution in [2.24, 2.45) is 0 Å². The molecule has 0 saturated heterocycles. The molecule has 0 aliphatic heterocycles. The first kappa shape index (κ1) is 23.9. The van der Waals surface area contributed by atoms with Gasteiger partial charge in [-0.2, -0.15) is 0 Å². The number of aliphatic carboxylic acids is 1. The molecule has 154 valence electrons. The molecule has 1 aromatic rings. The summed E-state index contributed by atoms with van der Waals surface area (Å²) in [5.41, 5.74) is 0.856. The minimum absolute atomic E-state index is 0.297. The van der Waals surface area contributed by atoms with E-state index < -0.39 is 12.1 Å². The summed E-state index contributed by atoms with van der Waals surface area (Å²) in [7, 11) is 0. The topological polar surface area (TPSA) is 55.8 Å². The van der Waals surface area contributed by atoms with Crippen molar-refractivity contribution in [1.29, 1.82) is 0 Å². The van der Waals surface area contributed by atoms with Gasteiger partial charge in [0.2, 0.25) is 0 Å². The Balaban J connectivity index is 1.88. The Kier molecular flexibility index (Phi) is 9.70. The van der Waals surface area contributed by atoms with E-state index in [0.29, 0.717) is 25.4 Å². The highest BCUT2D eigenvalue weighted by Gasteiger charge is 2.23. The van der Waals surface area contributed by atoms with Crippen LogP contribution in [-0.2, 0) is 16.0 Å². The Morgan fingerprint density at radius 1 is 1.41 bits per heavy atom. The maximum absolute atomic E-state index is 11.2. The van der Waals surface area contributed by atoms with Crippen molar-refractivity contribution in [3.05, 3.63) is 63.1 Å². The van der Waals surface area contributed by atoms with E-state index in [4.69, 9.17) is 9.47 Å². The molecule has 0 saturated carbocycles. The van der Waals surface area contributed by atoms with E-state index in [1.807, 2.05) is 42.5 Å². The molecule has 1 N–H and O–H groups in total. The Hall–Kier alpha value is -1.33. The van der Waals surface area contributed by atoms with Crippen molar-refractivity contribution >= 4 is 53.8 Å². The molecule has 1 unspecified atom stereocenters. The number of carbonyl (C=O) groups is 1. The number of rotatable bonds is 8. The highest BCUT2D eigenvalue weighted by Crippen LogP contribution is 2.33. The van der Waals surface area contributed by atoms with Gasteiger partial charge in [0.05, 0.1) is 4.47 Å². The van der Waals surface area contributed by atoms with Crippen LogP contribution in [0.1, 0.15) is 18.9 Å². The van der Waals surface area contributed by atoms with Gasteiger partial charge in [-0.25, -0.2) is 4.79 Å². The minimum Gasteiger partial charge on any atom is -0.488 e. The second kappa shape index (κ2) is 11.8. The Morgan fingerprint density at radius 3 is 2.86 bits per heavy atom. The summed E-state index contributed by atoms with van der Waals surface area (Å²) in [5, 5.41) is 9.20. The normalized spacial score (nSPS) is 19.4. The van der Waals surface area contributed by atoms with E-state index in [1.165, 1.54) is 0 Å². The predicted octanol–water partition coefficient (Wildman–Crippen LogP) is 5.79. The summed E-state index contributed by atoms with van der Waals surface area (Å²) in [4.78, 5) is 11.2. The molecule has 0 radical (unpaired) electrons. The summed E-state index contributed by atoms with van der Waals surface area (Å²) in [6.45, 7) is 2.51. The number of hydrogen-bond donors (Lipinski definition) is 1. The van der Waals surface area contributed by atoms with Crippen LogP contribution < -0.4 is 4.74 Å². The molecule has 0 fully saturated rings. The van der Waals surface area contributed by atoms with Gasteiger partial charge in [0, 0.05) is 19.4 Å². The van der Waals surface area contributed by atoms with Crippen LogP contribution in [0.25, 0.3) is 0 Å². The quantitative estimate of drug-likeness (QED) is 0.308. The molecule has 1 aliphatic carbocycles. The summed E-state index contributed by atoms with van der Waals surface area (Å²) in [6, 6.07) is 5.51. The Bertz CT molecular complexity index is 880. The summed E-state index contributed by atoms with van der Waals surface area (Å²) in [5.74, 6) is 5.92. The third-order valence-electron chi connectivity index (χ3n) is 3.94. The van der Waals surface area contributed by atoms with Crippen LogP contribution in [0.5, 0.6) is 5.75 Å². The number of carboxylic acids is 1. The van der Waals surface area contributed by atoms with E-state index in [0.717, 1.165) is 20.9 Å². The molecule has 0 bridgehead atoms. The zero-order valence-corrected chi connectivity index (χ0v) is 20.6. The molecule has 2 atom stereocenters. The fourth-order valence-electron chi connectivity index (χ4n) is 2.58. The number of ether oxygens (including phenoxy) is 2. The first-order chi connectivity index (χ1) is 13.8. The fraction of sp³-hybridized carbons (Fsp3) is 0.318. The molecular formula is C22H21Br3O4. The average Bonchev–Trinajstić information content (AvgIpc) is 2.65. The van der Waals surface area contributed by atoms with E-state index in [1.54, 1.807) is 13.0 Å². The number of hydrogen-bond acceptors (Lipinski definition) is 3. The third-order valence-corrected chi connectivity index (χ3v) is 5.85. The van der Waals surface area contributed by atoms with Crippen LogP contribution in [0.15, 0.2) is 57.5 Å². The number of benzene rings is 1. The smallest absolute Gasteiger partial charge is 0.333 e. The molecule has 0 heterocycles. The third kappa shape index (κ3) is 8.13. The van der Waals surface area contributed by atoms with Crippen molar-refractivity contribution < 1.29 is 19.4 Å². The van der Waals surface area contributed by atoms with Crippen LogP contribution in [-0.4, -0.2) is 34.7 Å². The molecule has 0 aromatic heterocycles. The van der Waals surface area contributed by atoms with Gasteiger partial charge in [-0.15, -0.1) is 0 Å². The molecule has 29 heavy (non-hydrogen) atoms. The van der Waals surface area contributed by atoms with Crippen molar-refractivity contribution in [3.63, 3.8) is 0 Å². The Labute approximate surface area is 196 Å². The van der Waals surface area contributed by atoms with Crippen molar-refractivity contribution in [1.82, 2.24) is 0 Å². The number of halogens is 3. The lowest BCUT2D eigenvalue weighted by atomic mass is 10.0. The largest absolute Gasteiger partial charge is 0.488 e. The van der Waals surface area contributed by atoms with Gasteiger partial charge < -0.3 is 14.6 Å². The van der Waals surface area contributed by atoms with Crippen LogP contribution in [0.4, 0.5) is 0 Å². The monoisotopic (exact) mass is 586 g/mol. The lowest BCUT2D eigenvalue weighted by molar-refractivity contribution is -0.149. The molecular weight excluding hydrogens is 568 g/mol. The number of carboxylic acid groups (broad SMARTS) is 1. The molecule has 7 heteroatoms. The van der Waals surface area contributed by atoms with Crippen LogP contribution >= 0.6 is 47.8 Å². The van der Waals surface area contributed by atoms with E-state index in [-0.39, 0.29) is 4.32 Å². The Morgan fingerprint density at radius 2 is 2.21 bits per heavy atom. The average molecular weight is 589 g/mol. The predicted molar refractivity (Wildman–Crippen MR) is 126 cm³/mol. The van der Waals surface area contributed by atoms with Gasteiger partial charge in [-0.3, -0.25) is 0 Å². The maximum atomic E-state index is 11.2. The van der Waals surface area contributed by atoms with E-state index >= 15 is 0 Å². The lowest BCUT2D eigenvalue weighted by Gasteiger charge is -2.19. The van der Waals surface area contributed by atoms with Crippen LogP contribution in [0.3, 0.4) is 0 Å². The van der Waals surface area contributed by atoms with Crippen molar-refractivity contribution in [2.45, 2.75) is 30.2 Å². The maximum Gasteiger partial charge on any atom is 0.333 e. The molecule has 0 amide bonds. The SMILES string of the molecule is CCO[C@@H](Cc1ccc(OC/C=C/C#CC2(Br)C=CC=C(Br)C2)c(Br)c1)C(=O)O. The van der Waals surface area contributed by atoms with Gasteiger partial charge in [0.25, 0.3) is 0 Å². The highest BCUT2D eigenvalue weighted by atomic mass is 79.9. The number of alkyl halides is 1. The number of allylic oxidation sites excluding steroid dienone is 5. The molecule has 4 nitrogen and oxygen atoms in total. The van der Waals surface area contributed by atoms with Crippen molar-refractivity contribution in [2.75, 3.05) is 13.2 Å². The molecule has 1 aromatic carbocycles. The zero-order valence-electron chi connectivity index (χ0n) is 15.8. The van der Waals surface area contributed by atoms with Gasteiger partial charge in [-0.05, 0) is 57.2 Å². The van der Waals surface area contributed by atoms with E-state index in [9.17, 15) is 9.90 Å².